The van der Waals surface area contributed by atoms with E-state index >= 15 is 0 Å². The molecule has 2 rings (SSSR count). The second-order valence-corrected chi connectivity index (χ2v) is 5.31. The van der Waals surface area contributed by atoms with E-state index in [1.165, 1.54) is 0 Å². The molecule has 1 aromatic heterocycles. The Hall–Kier alpha value is -1.36. The van der Waals surface area contributed by atoms with Crippen molar-refractivity contribution in [1.82, 2.24) is 14.9 Å². The Morgan fingerprint density at radius 3 is 3.11 bits per heavy atom. The van der Waals surface area contributed by atoms with Crippen LogP contribution >= 0.6 is 0 Å². The summed E-state index contributed by atoms with van der Waals surface area (Å²) in [6.45, 7) is 3.74. The minimum Gasteiger partial charge on any atom is -0.356 e. The minimum absolute atomic E-state index is 0.134. The average molecular weight is 264 g/mol. The normalized spacial score (nSPS) is 22.6. The zero-order valence-electron chi connectivity index (χ0n) is 11.6. The minimum atomic E-state index is 0.134. The molecule has 1 amide bonds. The lowest BCUT2D eigenvalue weighted by atomic mass is 10.1. The van der Waals surface area contributed by atoms with Crippen LogP contribution in [-0.4, -0.2) is 28.0 Å². The fourth-order valence-corrected chi connectivity index (χ4v) is 2.72. The summed E-state index contributed by atoms with van der Waals surface area (Å²) >= 11 is 0. The van der Waals surface area contributed by atoms with Crippen LogP contribution in [0.3, 0.4) is 0 Å². The van der Waals surface area contributed by atoms with E-state index in [2.05, 4.69) is 21.8 Å². The summed E-state index contributed by atoms with van der Waals surface area (Å²) in [7, 11) is 0. The average Bonchev–Trinajstić information content (AvgIpc) is 3.02. The van der Waals surface area contributed by atoms with Crippen molar-refractivity contribution in [2.75, 3.05) is 6.54 Å². The first kappa shape index (κ1) is 14.1. The van der Waals surface area contributed by atoms with Gasteiger partial charge in [-0.3, -0.25) is 4.79 Å². The van der Waals surface area contributed by atoms with Crippen molar-refractivity contribution in [3.8, 4) is 0 Å². The first-order valence-corrected chi connectivity index (χ1v) is 7.24. The van der Waals surface area contributed by atoms with Crippen LogP contribution in [-0.2, 0) is 17.8 Å². The van der Waals surface area contributed by atoms with Crippen LogP contribution in [0.15, 0.2) is 12.4 Å². The molecule has 1 heterocycles. The summed E-state index contributed by atoms with van der Waals surface area (Å²) in [6.07, 6.45) is 8.47. The Morgan fingerprint density at radius 2 is 2.42 bits per heavy atom. The molecule has 1 fully saturated rings. The van der Waals surface area contributed by atoms with E-state index < -0.39 is 0 Å². The predicted molar refractivity (Wildman–Crippen MR) is 74.5 cm³/mol. The summed E-state index contributed by atoms with van der Waals surface area (Å²) in [5.74, 6) is 1.41. The van der Waals surface area contributed by atoms with Gasteiger partial charge in [-0.1, -0.05) is 6.92 Å². The number of carbonyl (C=O) groups excluding carboxylic acids is 1. The van der Waals surface area contributed by atoms with Crippen LogP contribution in [0, 0.1) is 5.92 Å². The first-order chi connectivity index (χ1) is 9.20. The Kier molecular flexibility index (Phi) is 4.96. The molecule has 0 aliphatic heterocycles. The second-order valence-electron chi connectivity index (χ2n) is 5.31. The van der Waals surface area contributed by atoms with Gasteiger partial charge in [0.05, 0.1) is 0 Å². The number of hydrogen-bond donors (Lipinski definition) is 2. The van der Waals surface area contributed by atoms with E-state index in [9.17, 15) is 4.79 Å². The number of rotatable bonds is 6. The Labute approximate surface area is 114 Å². The lowest BCUT2D eigenvalue weighted by Gasteiger charge is -2.11. The predicted octanol–water partition coefficient (Wildman–Crippen LogP) is 1.08. The largest absolute Gasteiger partial charge is 0.356 e. The number of aryl methyl sites for hydroxylation is 2. The third kappa shape index (κ3) is 3.80. The van der Waals surface area contributed by atoms with E-state index in [-0.39, 0.29) is 17.9 Å². The van der Waals surface area contributed by atoms with Crippen LogP contribution < -0.4 is 11.1 Å². The van der Waals surface area contributed by atoms with Crippen molar-refractivity contribution >= 4 is 5.91 Å². The van der Waals surface area contributed by atoms with Crippen LogP contribution in [0.4, 0.5) is 0 Å². The third-order valence-electron chi connectivity index (χ3n) is 3.84. The molecule has 1 aromatic rings. The molecule has 1 aliphatic rings. The number of carbonyl (C=O) groups is 1. The van der Waals surface area contributed by atoms with Crippen molar-refractivity contribution in [3.05, 3.63) is 18.2 Å². The fraction of sp³-hybridized carbons (Fsp3) is 0.714. The van der Waals surface area contributed by atoms with E-state index in [1.807, 2.05) is 12.4 Å². The Morgan fingerprint density at radius 1 is 1.58 bits per heavy atom. The van der Waals surface area contributed by atoms with Gasteiger partial charge in [0.25, 0.3) is 0 Å². The number of aromatic nitrogens is 2. The highest BCUT2D eigenvalue weighted by atomic mass is 16.1. The van der Waals surface area contributed by atoms with E-state index in [0.29, 0.717) is 0 Å². The quantitative estimate of drug-likeness (QED) is 0.755. The first-order valence-electron chi connectivity index (χ1n) is 7.24. The summed E-state index contributed by atoms with van der Waals surface area (Å²) in [5, 5.41) is 3.02. The van der Waals surface area contributed by atoms with Crippen molar-refractivity contribution in [3.63, 3.8) is 0 Å². The van der Waals surface area contributed by atoms with Gasteiger partial charge in [0.2, 0.25) is 5.91 Å². The SMILES string of the molecule is CCc1nccn1CCCNC(=O)[C@H]1CC[C@@H](N)C1. The lowest BCUT2D eigenvalue weighted by molar-refractivity contribution is -0.124. The van der Waals surface area contributed by atoms with Crippen molar-refractivity contribution in [1.29, 1.82) is 0 Å². The molecular formula is C14H24N4O. The van der Waals surface area contributed by atoms with Crippen molar-refractivity contribution in [2.24, 2.45) is 11.7 Å². The Balaban J connectivity index is 1.65. The zero-order valence-corrected chi connectivity index (χ0v) is 11.6. The molecule has 106 valence electrons. The molecule has 3 N–H and O–H groups in total. The van der Waals surface area contributed by atoms with E-state index in [0.717, 1.165) is 51.0 Å². The van der Waals surface area contributed by atoms with E-state index in [4.69, 9.17) is 5.73 Å². The van der Waals surface area contributed by atoms with Gasteiger partial charge in [-0.2, -0.15) is 0 Å². The number of nitrogens with zero attached hydrogens (tertiary/aromatic N) is 2. The molecule has 1 aliphatic carbocycles. The molecule has 19 heavy (non-hydrogen) atoms. The lowest BCUT2D eigenvalue weighted by Crippen LogP contribution is -2.31. The molecule has 1 saturated carbocycles. The molecule has 0 saturated heterocycles. The molecule has 0 aromatic carbocycles. The molecular weight excluding hydrogens is 240 g/mol. The Bertz CT molecular complexity index is 415. The molecule has 0 spiro atoms. The molecule has 0 bridgehead atoms. The molecule has 2 atom stereocenters. The summed E-state index contributed by atoms with van der Waals surface area (Å²) in [4.78, 5) is 16.2. The van der Waals surface area contributed by atoms with Crippen LogP contribution in [0.5, 0.6) is 0 Å². The number of nitrogens with two attached hydrogens (primary N) is 1. The maximum absolute atomic E-state index is 11.9. The number of amides is 1. The van der Waals surface area contributed by atoms with Crippen molar-refractivity contribution in [2.45, 2.75) is 51.6 Å². The van der Waals surface area contributed by atoms with Crippen LogP contribution in [0.1, 0.15) is 38.4 Å². The highest BCUT2D eigenvalue weighted by Crippen LogP contribution is 2.23. The number of imidazole rings is 1. The maximum Gasteiger partial charge on any atom is 0.223 e. The number of nitrogens with one attached hydrogen (secondary N) is 1. The molecule has 0 unspecified atom stereocenters. The smallest absolute Gasteiger partial charge is 0.223 e. The van der Waals surface area contributed by atoms with Gasteiger partial charge in [0, 0.05) is 43.9 Å². The van der Waals surface area contributed by atoms with Gasteiger partial charge in [-0.15, -0.1) is 0 Å². The van der Waals surface area contributed by atoms with Gasteiger partial charge in [0.1, 0.15) is 5.82 Å². The van der Waals surface area contributed by atoms with E-state index in [1.54, 1.807) is 0 Å². The summed E-state index contributed by atoms with van der Waals surface area (Å²) in [5.41, 5.74) is 5.82. The van der Waals surface area contributed by atoms with Crippen molar-refractivity contribution < 1.29 is 4.79 Å². The van der Waals surface area contributed by atoms with Gasteiger partial charge in [0.15, 0.2) is 0 Å². The highest BCUT2D eigenvalue weighted by Gasteiger charge is 2.27. The third-order valence-corrected chi connectivity index (χ3v) is 3.84. The topological polar surface area (TPSA) is 72.9 Å². The fourth-order valence-electron chi connectivity index (χ4n) is 2.72. The maximum atomic E-state index is 11.9. The zero-order chi connectivity index (χ0) is 13.7. The van der Waals surface area contributed by atoms with Gasteiger partial charge < -0.3 is 15.6 Å². The molecule has 0 radical (unpaired) electrons. The monoisotopic (exact) mass is 264 g/mol. The summed E-state index contributed by atoms with van der Waals surface area (Å²) < 4.78 is 2.15. The molecule has 5 heteroatoms. The number of hydrogen-bond acceptors (Lipinski definition) is 3. The van der Waals surface area contributed by atoms with Gasteiger partial charge >= 0.3 is 0 Å². The van der Waals surface area contributed by atoms with Crippen LogP contribution in [0.2, 0.25) is 0 Å². The van der Waals surface area contributed by atoms with Gasteiger partial charge in [-0.05, 0) is 25.7 Å². The summed E-state index contributed by atoms with van der Waals surface area (Å²) in [6, 6.07) is 0.216. The standard InChI is InChI=1S/C14H24N4O/c1-2-13-16-7-9-18(13)8-3-6-17-14(19)11-4-5-12(15)10-11/h7,9,11-12H,2-6,8,10,15H2,1H3,(H,17,19)/t11-,12+/m0/s1. The highest BCUT2D eigenvalue weighted by molar-refractivity contribution is 5.78. The molecule has 5 nitrogen and oxygen atoms in total. The second kappa shape index (κ2) is 6.70. The van der Waals surface area contributed by atoms with Gasteiger partial charge in [-0.25, -0.2) is 4.98 Å². The van der Waals surface area contributed by atoms with Crippen LogP contribution in [0.25, 0.3) is 0 Å².